The molecule has 0 aromatic heterocycles. The molecule has 1 unspecified atom stereocenters. The number of nitrogens with zero attached hydrogens (tertiary/aromatic N) is 1. The molecule has 0 saturated heterocycles. The molecule has 0 bridgehead atoms. The van der Waals surface area contributed by atoms with Gasteiger partial charge in [-0.2, -0.15) is 0 Å². The first-order valence-electron chi connectivity index (χ1n) is 11.0. The van der Waals surface area contributed by atoms with E-state index < -0.39 is 12.1 Å². The maximum absolute atomic E-state index is 12.9. The summed E-state index contributed by atoms with van der Waals surface area (Å²) in [4.78, 5) is 26.4. The molecule has 0 radical (unpaired) electrons. The van der Waals surface area contributed by atoms with Crippen LogP contribution >= 0.6 is 11.6 Å². The van der Waals surface area contributed by atoms with Gasteiger partial charge in [0.1, 0.15) is 6.04 Å². The van der Waals surface area contributed by atoms with Crippen LogP contribution in [-0.4, -0.2) is 53.7 Å². The Kier molecular flexibility index (Phi) is 8.15. The van der Waals surface area contributed by atoms with E-state index in [1.807, 2.05) is 48.5 Å². The Morgan fingerprint density at radius 2 is 1.72 bits per heavy atom. The van der Waals surface area contributed by atoms with E-state index in [2.05, 4.69) is 35.7 Å². The van der Waals surface area contributed by atoms with Crippen LogP contribution in [0.4, 0.5) is 4.79 Å². The van der Waals surface area contributed by atoms with Crippen molar-refractivity contribution in [1.29, 1.82) is 0 Å². The Morgan fingerprint density at radius 3 is 2.31 bits per heavy atom. The van der Waals surface area contributed by atoms with Crippen molar-refractivity contribution in [3.63, 3.8) is 0 Å². The average Bonchev–Trinajstić information content (AvgIpc) is 2.76. The van der Waals surface area contributed by atoms with Gasteiger partial charge in [0, 0.05) is 23.0 Å². The number of amides is 2. The molecule has 2 aromatic carbocycles. The monoisotopic (exact) mass is 457 g/mol. The predicted octanol–water partition coefficient (Wildman–Crippen LogP) is 4.12. The molecule has 1 saturated carbocycles. The number of nitrogens with one attached hydrogen (secondary N) is 2. The molecular formula is C25H32ClN3O3. The molecule has 2 amide bonds. The summed E-state index contributed by atoms with van der Waals surface area (Å²) in [5, 5.41) is 15.4. The predicted molar refractivity (Wildman–Crippen MR) is 127 cm³/mol. The number of halogens is 1. The largest absolute Gasteiger partial charge is 0.465 e. The van der Waals surface area contributed by atoms with E-state index in [1.165, 1.54) is 0 Å². The number of benzene rings is 2. The van der Waals surface area contributed by atoms with Crippen LogP contribution in [0.25, 0.3) is 0 Å². The van der Waals surface area contributed by atoms with E-state index in [0.29, 0.717) is 6.42 Å². The molecule has 0 spiro atoms. The van der Waals surface area contributed by atoms with Crippen molar-refractivity contribution in [2.75, 3.05) is 14.1 Å². The van der Waals surface area contributed by atoms with Crippen molar-refractivity contribution >= 4 is 23.6 Å². The maximum atomic E-state index is 12.9. The van der Waals surface area contributed by atoms with Crippen LogP contribution in [0.2, 0.25) is 5.02 Å². The number of hydrogen-bond donors (Lipinski definition) is 3. The third kappa shape index (κ3) is 6.24. The maximum Gasteiger partial charge on any atom is 0.405 e. The summed E-state index contributed by atoms with van der Waals surface area (Å²) in [6, 6.07) is 16.6. The first-order chi connectivity index (χ1) is 15.3. The number of likely N-dealkylation sites (N-methyl/N-ethyl adjacent to an activating group) is 1. The van der Waals surface area contributed by atoms with Gasteiger partial charge < -0.3 is 20.6 Å². The molecule has 172 valence electrons. The Labute approximate surface area is 195 Å². The number of hydrogen-bond acceptors (Lipinski definition) is 3. The zero-order valence-electron chi connectivity index (χ0n) is 18.7. The molecule has 1 atom stereocenters. The third-order valence-electron chi connectivity index (χ3n) is 6.59. The van der Waals surface area contributed by atoms with Crippen molar-refractivity contribution in [2.45, 2.75) is 56.1 Å². The van der Waals surface area contributed by atoms with Crippen LogP contribution in [0.3, 0.4) is 0 Å². The number of carboxylic acid groups (broad SMARTS) is 1. The van der Waals surface area contributed by atoms with Crippen LogP contribution < -0.4 is 10.6 Å². The first kappa shape index (κ1) is 24.1. The molecular weight excluding hydrogens is 426 g/mol. The van der Waals surface area contributed by atoms with Gasteiger partial charge in [-0.3, -0.25) is 4.79 Å². The quantitative estimate of drug-likeness (QED) is 0.557. The second kappa shape index (κ2) is 10.8. The smallest absolute Gasteiger partial charge is 0.405 e. The van der Waals surface area contributed by atoms with E-state index in [0.717, 1.165) is 48.3 Å². The Bertz CT molecular complexity index is 912. The summed E-state index contributed by atoms with van der Waals surface area (Å²) in [6.45, 7) is 0. The molecule has 1 fully saturated rings. The average molecular weight is 458 g/mol. The summed E-state index contributed by atoms with van der Waals surface area (Å²) >= 11 is 6.42. The van der Waals surface area contributed by atoms with Gasteiger partial charge in [0.15, 0.2) is 0 Å². The fourth-order valence-corrected chi connectivity index (χ4v) is 4.79. The van der Waals surface area contributed by atoms with Gasteiger partial charge in [-0.25, -0.2) is 4.79 Å². The Morgan fingerprint density at radius 1 is 1.09 bits per heavy atom. The third-order valence-corrected chi connectivity index (χ3v) is 6.95. The van der Waals surface area contributed by atoms with Gasteiger partial charge in [0.25, 0.3) is 0 Å². The van der Waals surface area contributed by atoms with Crippen LogP contribution in [0, 0.1) is 0 Å². The minimum Gasteiger partial charge on any atom is -0.465 e. The molecule has 6 nitrogen and oxygen atoms in total. The lowest BCUT2D eigenvalue weighted by Gasteiger charge is -2.45. The zero-order chi connectivity index (χ0) is 23.1. The fraction of sp³-hybridized carbons (Fsp3) is 0.440. The lowest BCUT2D eigenvalue weighted by atomic mass is 9.74. The second-order valence-electron chi connectivity index (χ2n) is 8.86. The molecule has 3 rings (SSSR count). The number of carbonyl (C=O) groups is 2. The Balaban J connectivity index is 1.63. The summed E-state index contributed by atoms with van der Waals surface area (Å²) in [7, 11) is 4.20. The van der Waals surface area contributed by atoms with Crippen molar-refractivity contribution in [2.24, 2.45) is 0 Å². The molecule has 3 N–H and O–H groups in total. The molecule has 1 aliphatic carbocycles. The van der Waals surface area contributed by atoms with Crippen molar-refractivity contribution < 1.29 is 14.7 Å². The van der Waals surface area contributed by atoms with Gasteiger partial charge in [-0.1, -0.05) is 60.1 Å². The molecule has 2 aromatic rings. The van der Waals surface area contributed by atoms with Crippen LogP contribution in [0.1, 0.15) is 36.8 Å². The highest BCUT2D eigenvalue weighted by atomic mass is 35.5. The van der Waals surface area contributed by atoms with Crippen molar-refractivity contribution in [3.05, 3.63) is 70.7 Å². The summed E-state index contributed by atoms with van der Waals surface area (Å²) in [5.41, 5.74) is 2.03. The van der Waals surface area contributed by atoms with E-state index in [4.69, 9.17) is 11.6 Å². The lowest BCUT2D eigenvalue weighted by molar-refractivity contribution is -0.124. The van der Waals surface area contributed by atoms with Crippen LogP contribution in [0.5, 0.6) is 0 Å². The van der Waals surface area contributed by atoms with Gasteiger partial charge >= 0.3 is 6.09 Å². The highest BCUT2D eigenvalue weighted by Gasteiger charge is 2.38. The minimum absolute atomic E-state index is 0.0189. The van der Waals surface area contributed by atoms with Gasteiger partial charge in [-0.05, 0) is 63.4 Å². The number of carbonyl (C=O) groups excluding carboxylic acids is 1. The van der Waals surface area contributed by atoms with Gasteiger partial charge in [0.05, 0.1) is 0 Å². The molecule has 32 heavy (non-hydrogen) atoms. The molecule has 7 heteroatoms. The first-order valence-corrected chi connectivity index (χ1v) is 11.4. The van der Waals surface area contributed by atoms with Crippen LogP contribution in [0.15, 0.2) is 54.6 Å². The van der Waals surface area contributed by atoms with E-state index >= 15 is 0 Å². The van der Waals surface area contributed by atoms with Gasteiger partial charge in [0.2, 0.25) is 5.91 Å². The second-order valence-corrected chi connectivity index (χ2v) is 9.27. The van der Waals surface area contributed by atoms with E-state index in [1.54, 1.807) is 0 Å². The normalized spacial score (nSPS) is 21.7. The summed E-state index contributed by atoms with van der Waals surface area (Å²) in [5.74, 6) is -0.273. The fourth-order valence-electron chi connectivity index (χ4n) is 4.59. The van der Waals surface area contributed by atoms with E-state index in [9.17, 15) is 14.7 Å². The van der Waals surface area contributed by atoms with Crippen LogP contribution in [-0.2, 0) is 17.6 Å². The summed E-state index contributed by atoms with van der Waals surface area (Å²) in [6.07, 6.45) is 3.49. The summed E-state index contributed by atoms with van der Waals surface area (Å²) < 4.78 is 0. The Hall–Kier alpha value is -2.57. The SMILES string of the molecule is CN(C)C1(Cc2ccccc2Cl)CCC(NC(=O)C(Cc2ccccc2)NC(=O)O)CC1. The molecule has 1 aliphatic rings. The standard InChI is InChI=1S/C25H32ClN3O3/c1-29(2)25(17-19-10-6-7-11-21(19)26)14-12-20(13-15-25)27-23(30)22(28-24(31)32)16-18-8-4-3-5-9-18/h3-11,20,22,28H,12-17H2,1-2H3,(H,27,30)(H,31,32). The number of rotatable bonds is 8. The topological polar surface area (TPSA) is 81.7 Å². The molecule has 0 heterocycles. The van der Waals surface area contributed by atoms with E-state index in [-0.39, 0.29) is 17.5 Å². The highest BCUT2D eigenvalue weighted by molar-refractivity contribution is 6.31. The highest BCUT2D eigenvalue weighted by Crippen LogP contribution is 2.36. The van der Waals surface area contributed by atoms with Crippen molar-refractivity contribution in [1.82, 2.24) is 15.5 Å². The van der Waals surface area contributed by atoms with Gasteiger partial charge in [-0.15, -0.1) is 0 Å². The zero-order valence-corrected chi connectivity index (χ0v) is 19.4. The molecule has 0 aliphatic heterocycles. The van der Waals surface area contributed by atoms with Crippen molar-refractivity contribution in [3.8, 4) is 0 Å². The minimum atomic E-state index is -1.20. The lowest BCUT2D eigenvalue weighted by Crippen LogP contribution is -2.55.